The zero-order chi connectivity index (χ0) is 13.0. The molecule has 2 atom stereocenters. The van der Waals surface area contributed by atoms with Crippen LogP contribution in [0.2, 0.25) is 0 Å². The molecule has 2 N–H and O–H groups in total. The van der Waals surface area contributed by atoms with E-state index < -0.39 is 0 Å². The van der Waals surface area contributed by atoms with Gasteiger partial charge in [-0.05, 0) is 49.9 Å². The number of nitrogens with two attached hydrogens (primary N) is 1. The van der Waals surface area contributed by atoms with Crippen molar-refractivity contribution in [2.45, 2.75) is 32.4 Å². The predicted molar refractivity (Wildman–Crippen MR) is 74.6 cm³/mol. The van der Waals surface area contributed by atoms with Gasteiger partial charge in [-0.15, -0.1) is 0 Å². The van der Waals surface area contributed by atoms with Crippen molar-refractivity contribution in [3.8, 4) is 5.75 Å². The summed E-state index contributed by atoms with van der Waals surface area (Å²) in [6.07, 6.45) is 2.53. The number of hydrogen-bond donors (Lipinski definition) is 1. The molecule has 0 radical (unpaired) electrons. The largest absolute Gasteiger partial charge is 0.497 e. The van der Waals surface area contributed by atoms with E-state index in [0.717, 1.165) is 25.4 Å². The second kappa shape index (κ2) is 6.21. The molecule has 0 amide bonds. The third-order valence-electron chi connectivity index (χ3n) is 3.96. The molecule has 0 aromatic heterocycles. The first kappa shape index (κ1) is 13.4. The second-order valence-electron chi connectivity index (χ2n) is 5.31. The predicted octanol–water partition coefficient (Wildman–Crippen LogP) is 2.25. The Kier molecular flexibility index (Phi) is 4.61. The van der Waals surface area contributed by atoms with E-state index in [1.807, 2.05) is 6.07 Å². The highest BCUT2D eigenvalue weighted by molar-refractivity contribution is 5.28. The molecule has 3 heteroatoms. The molecule has 0 saturated carbocycles. The van der Waals surface area contributed by atoms with Crippen LogP contribution in [0.25, 0.3) is 0 Å². The minimum atomic E-state index is 0.652. The number of benzene rings is 1. The first-order valence-corrected chi connectivity index (χ1v) is 6.80. The van der Waals surface area contributed by atoms with Crippen molar-refractivity contribution >= 4 is 0 Å². The molecule has 2 unspecified atom stereocenters. The van der Waals surface area contributed by atoms with Crippen molar-refractivity contribution in [1.82, 2.24) is 4.90 Å². The van der Waals surface area contributed by atoms with Gasteiger partial charge in [0.1, 0.15) is 5.75 Å². The highest BCUT2D eigenvalue weighted by atomic mass is 16.5. The molecule has 3 nitrogen and oxygen atoms in total. The Morgan fingerprint density at radius 3 is 2.94 bits per heavy atom. The van der Waals surface area contributed by atoms with E-state index in [4.69, 9.17) is 10.5 Å². The highest BCUT2D eigenvalue weighted by Gasteiger charge is 2.24. The van der Waals surface area contributed by atoms with Gasteiger partial charge in [-0.1, -0.05) is 12.1 Å². The summed E-state index contributed by atoms with van der Waals surface area (Å²) in [5, 5.41) is 0. The molecular weight excluding hydrogens is 224 g/mol. The van der Waals surface area contributed by atoms with Gasteiger partial charge in [-0.25, -0.2) is 0 Å². The summed E-state index contributed by atoms with van der Waals surface area (Å²) in [5.41, 5.74) is 7.12. The summed E-state index contributed by atoms with van der Waals surface area (Å²) < 4.78 is 5.27. The third-order valence-corrected chi connectivity index (χ3v) is 3.96. The fraction of sp³-hybridized carbons (Fsp3) is 0.600. The number of likely N-dealkylation sites (tertiary alicyclic amines) is 1. The van der Waals surface area contributed by atoms with E-state index in [0.29, 0.717) is 12.0 Å². The lowest BCUT2D eigenvalue weighted by atomic mass is 9.93. The maximum Gasteiger partial charge on any atom is 0.119 e. The smallest absolute Gasteiger partial charge is 0.119 e. The van der Waals surface area contributed by atoms with E-state index >= 15 is 0 Å². The zero-order valence-corrected chi connectivity index (χ0v) is 11.4. The van der Waals surface area contributed by atoms with E-state index in [1.54, 1.807) is 7.11 Å². The molecule has 18 heavy (non-hydrogen) atoms. The molecule has 1 aromatic rings. The van der Waals surface area contributed by atoms with Crippen molar-refractivity contribution in [2.75, 3.05) is 20.2 Å². The zero-order valence-electron chi connectivity index (χ0n) is 11.4. The van der Waals surface area contributed by atoms with Crippen molar-refractivity contribution < 1.29 is 4.74 Å². The summed E-state index contributed by atoms with van der Waals surface area (Å²) in [6.45, 7) is 5.23. The summed E-state index contributed by atoms with van der Waals surface area (Å²) in [4.78, 5) is 2.54. The molecule has 0 spiro atoms. The molecule has 1 aliphatic heterocycles. The lowest BCUT2D eigenvalue weighted by Gasteiger charge is -2.37. The highest BCUT2D eigenvalue weighted by Crippen LogP contribution is 2.24. The molecule has 1 heterocycles. The number of piperidine rings is 1. The summed E-state index contributed by atoms with van der Waals surface area (Å²) in [7, 11) is 1.72. The second-order valence-corrected chi connectivity index (χ2v) is 5.31. The topological polar surface area (TPSA) is 38.5 Å². The van der Waals surface area contributed by atoms with Gasteiger partial charge < -0.3 is 10.5 Å². The average Bonchev–Trinajstić information content (AvgIpc) is 2.41. The molecular formula is C15H24N2O. The SMILES string of the molecule is COc1cccc(CN2CC(CN)CCC2C)c1. The van der Waals surface area contributed by atoms with Gasteiger partial charge in [0.05, 0.1) is 7.11 Å². The van der Waals surface area contributed by atoms with Crippen LogP contribution in [0.15, 0.2) is 24.3 Å². The van der Waals surface area contributed by atoms with Crippen molar-refractivity contribution in [3.63, 3.8) is 0 Å². The van der Waals surface area contributed by atoms with E-state index in [-0.39, 0.29) is 0 Å². The van der Waals surface area contributed by atoms with Crippen molar-refractivity contribution in [3.05, 3.63) is 29.8 Å². The van der Waals surface area contributed by atoms with Crippen molar-refractivity contribution in [2.24, 2.45) is 11.7 Å². The van der Waals surface area contributed by atoms with Crippen LogP contribution >= 0.6 is 0 Å². The van der Waals surface area contributed by atoms with Gasteiger partial charge in [0.2, 0.25) is 0 Å². The first-order chi connectivity index (χ1) is 8.72. The lowest BCUT2D eigenvalue weighted by Crippen LogP contribution is -2.43. The minimum absolute atomic E-state index is 0.652. The van der Waals surface area contributed by atoms with Gasteiger partial charge >= 0.3 is 0 Å². The molecule has 1 aromatic carbocycles. The summed E-state index contributed by atoms with van der Waals surface area (Å²) >= 11 is 0. The Bertz CT molecular complexity index is 381. The van der Waals surface area contributed by atoms with E-state index in [2.05, 4.69) is 30.0 Å². The molecule has 100 valence electrons. The summed E-state index contributed by atoms with van der Waals surface area (Å²) in [6, 6.07) is 8.99. The van der Waals surface area contributed by atoms with Gasteiger partial charge in [-0.3, -0.25) is 4.90 Å². The standard InChI is InChI=1S/C15H24N2O/c1-12-6-7-14(9-16)11-17(12)10-13-4-3-5-15(8-13)18-2/h3-5,8,12,14H,6-7,9-11,16H2,1-2H3. The quantitative estimate of drug-likeness (QED) is 0.888. The number of rotatable bonds is 4. The van der Waals surface area contributed by atoms with Crippen LogP contribution < -0.4 is 10.5 Å². The van der Waals surface area contributed by atoms with Crippen LogP contribution in [-0.2, 0) is 6.54 Å². The van der Waals surface area contributed by atoms with Gasteiger partial charge in [-0.2, -0.15) is 0 Å². The lowest BCUT2D eigenvalue weighted by molar-refractivity contribution is 0.113. The molecule has 1 aliphatic rings. The fourth-order valence-electron chi connectivity index (χ4n) is 2.68. The number of hydrogen-bond acceptors (Lipinski definition) is 3. The monoisotopic (exact) mass is 248 g/mol. The van der Waals surface area contributed by atoms with Gasteiger partial charge in [0.15, 0.2) is 0 Å². The Labute approximate surface area is 110 Å². The Morgan fingerprint density at radius 1 is 1.39 bits per heavy atom. The molecule has 1 saturated heterocycles. The minimum Gasteiger partial charge on any atom is -0.497 e. The van der Waals surface area contributed by atoms with Crippen LogP contribution in [0.5, 0.6) is 5.75 Å². The van der Waals surface area contributed by atoms with Crippen LogP contribution in [0.3, 0.4) is 0 Å². The Morgan fingerprint density at radius 2 is 2.22 bits per heavy atom. The van der Waals surface area contributed by atoms with Crippen LogP contribution in [-0.4, -0.2) is 31.1 Å². The number of ether oxygens (including phenoxy) is 1. The maximum atomic E-state index is 5.80. The molecule has 0 aliphatic carbocycles. The van der Waals surface area contributed by atoms with Gasteiger partial charge in [0.25, 0.3) is 0 Å². The Hall–Kier alpha value is -1.06. The number of nitrogens with zero attached hydrogens (tertiary/aromatic N) is 1. The van der Waals surface area contributed by atoms with Gasteiger partial charge in [0, 0.05) is 19.1 Å². The van der Waals surface area contributed by atoms with Crippen LogP contribution in [0.4, 0.5) is 0 Å². The van der Waals surface area contributed by atoms with Crippen molar-refractivity contribution in [1.29, 1.82) is 0 Å². The molecule has 1 fully saturated rings. The van der Waals surface area contributed by atoms with Crippen LogP contribution in [0.1, 0.15) is 25.3 Å². The Balaban J connectivity index is 2.02. The first-order valence-electron chi connectivity index (χ1n) is 6.80. The molecule has 2 rings (SSSR count). The normalized spacial score (nSPS) is 25.1. The van der Waals surface area contributed by atoms with E-state index in [9.17, 15) is 0 Å². The summed E-state index contributed by atoms with van der Waals surface area (Å²) in [5.74, 6) is 1.60. The number of methoxy groups -OCH3 is 1. The van der Waals surface area contributed by atoms with Crippen LogP contribution in [0, 0.1) is 5.92 Å². The average molecular weight is 248 g/mol. The molecule has 0 bridgehead atoms. The van der Waals surface area contributed by atoms with E-state index in [1.165, 1.54) is 18.4 Å². The maximum absolute atomic E-state index is 5.80. The fourth-order valence-corrected chi connectivity index (χ4v) is 2.68. The third kappa shape index (κ3) is 3.24.